The molecule has 2 rings (SSSR count). The summed E-state index contributed by atoms with van der Waals surface area (Å²) in [5, 5.41) is 3.33. The number of nitrogens with one attached hydrogen (secondary N) is 1. The highest BCUT2D eigenvalue weighted by molar-refractivity contribution is 5.83. The van der Waals surface area contributed by atoms with Gasteiger partial charge in [-0.1, -0.05) is 6.92 Å². The highest BCUT2D eigenvalue weighted by Gasteiger charge is 2.39. The minimum absolute atomic E-state index is 0.374. The average Bonchev–Trinajstić information content (AvgIpc) is 2.15. The van der Waals surface area contributed by atoms with Crippen LogP contribution in [0.4, 0.5) is 0 Å². The Morgan fingerprint density at radius 3 is 2.69 bits per heavy atom. The molecule has 74 valence electrons. The maximum atomic E-state index is 11.4. The van der Waals surface area contributed by atoms with E-state index >= 15 is 0 Å². The van der Waals surface area contributed by atoms with Crippen LogP contribution in [-0.2, 0) is 4.79 Å². The first-order chi connectivity index (χ1) is 6.33. The van der Waals surface area contributed by atoms with Crippen molar-refractivity contribution in [2.75, 3.05) is 13.1 Å². The Hall–Kier alpha value is -0.570. The van der Waals surface area contributed by atoms with Crippen LogP contribution in [0, 0.1) is 0 Å². The van der Waals surface area contributed by atoms with Gasteiger partial charge in [0, 0.05) is 18.5 Å². The van der Waals surface area contributed by atoms with Crippen molar-refractivity contribution in [2.24, 2.45) is 0 Å². The van der Waals surface area contributed by atoms with Gasteiger partial charge in [-0.2, -0.15) is 0 Å². The van der Waals surface area contributed by atoms with E-state index in [0.717, 1.165) is 38.8 Å². The number of hydrogen-bond acceptors (Lipinski definition) is 2. The molecule has 13 heavy (non-hydrogen) atoms. The molecule has 2 heterocycles. The largest absolute Gasteiger partial charge is 0.336 e. The maximum absolute atomic E-state index is 11.4. The van der Waals surface area contributed by atoms with E-state index in [9.17, 15) is 4.79 Å². The number of hydrogen-bond donors (Lipinski definition) is 1. The molecule has 0 spiro atoms. The molecular weight excluding hydrogens is 164 g/mol. The van der Waals surface area contributed by atoms with Gasteiger partial charge in [0.1, 0.15) is 0 Å². The summed E-state index contributed by atoms with van der Waals surface area (Å²) in [7, 11) is 0. The van der Waals surface area contributed by atoms with E-state index in [2.05, 4.69) is 17.1 Å². The van der Waals surface area contributed by atoms with Crippen molar-refractivity contribution in [1.82, 2.24) is 10.2 Å². The summed E-state index contributed by atoms with van der Waals surface area (Å²) in [5.74, 6) is 0.374. The molecule has 3 nitrogen and oxygen atoms in total. The highest BCUT2D eigenvalue weighted by Crippen LogP contribution is 2.28. The third kappa shape index (κ3) is 1.57. The van der Waals surface area contributed by atoms with Gasteiger partial charge in [-0.15, -0.1) is 0 Å². The molecule has 0 aromatic rings. The summed E-state index contributed by atoms with van der Waals surface area (Å²) in [6.07, 6.45) is 4.20. The summed E-state index contributed by atoms with van der Waals surface area (Å²) in [6.45, 7) is 4.32. The Morgan fingerprint density at radius 1 is 1.46 bits per heavy atom. The van der Waals surface area contributed by atoms with Crippen molar-refractivity contribution in [3.8, 4) is 0 Å². The highest BCUT2D eigenvalue weighted by atomic mass is 16.2. The van der Waals surface area contributed by atoms with E-state index in [1.807, 2.05) is 0 Å². The molecule has 2 aliphatic rings. The molecule has 2 saturated heterocycles. The number of piperidine rings is 1. The van der Waals surface area contributed by atoms with Crippen LogP contribution in [0.3, 0.4) is 0 Å². The van der Waals surface area contributed by atoms with Crippen LogP contribution < -0.4 is 5.32 Å². The summed E-state index contributed by atoms with van der Waals surface area (Å²) >= 11 is 0. The van der Waals surface area contributed by atoms with Crippen LogP contribution in [0.1, 0.15) is 32.6 Å². The number of carbonyl (C=O) groups excluding carboxylic acids is 1. The van der Waals surface area contributed by atoms with Crippen LogP contribution in [0.2, 0.25) is 0 Å². The van der Waals surface area contributed by atoms with E-state index in [0.29, 0.717) is 18.0 Å². The molecule has 0 bridgehead atoms. The molecule has 1 N–H and O–H groups in total. The zero-order valence-electron chi connectivity index (χ0n) is 8.25. The third-order valence-corrected chi connectivity index (χ3v) is 3.26. The van der Waals surface area contributed by atoms with Crippen LogP contribution in [0.5, 0.6) is 0 Å². The van der Waals surface area contributed by atoms with E-state index in [-0.39, 0.29) is 0 Å². The molecule has 0 aromatic heterocycles. The smallest absolute Gasteiger partial charge is 0.225 e. The Labute approximate surface area is 79.5 Å². The lowest BCUT2D eigenvalue weighted by Gasteiger charge is -2.47. The molecular formula is C10H18N2O. The van der Waals surface area contributed by atoms with Crippen molar-refractivity contribution in [3.63, 3.8) is 0 Å². The monoisotopic (exact) mass is 182 g/mol. The maximum Gasteiger partial charge on any atom is 0.225 e. The molecule has 2 fully saturated rings. The first-order valence-corrected chi connectivity index (χ1v) is 5.34. The Morgan fingerprint density at radius 2 is 2.15 bits per heavy atom. The van der Waals surface area contributed by atoms with Crippen LogP contribution in [0.25, 0.3) is 0 Å². The summed E-state index contributed by atoms with van der Waals surface area (Å²) in [5.41, 5.74) is 0. The SMILES string of the molecule is CC[C@@H]1CC(=O)N1C1CCNCC1. The molecule has 0 unspecified atom stereocenters. The molecule has 1 atom stereocenters. The third-order valence-electron chi connectivity index (χ3n) is 3.26. The van der Waals surface area contributed by atoms with Crippen LogP contribution in [0.15, 0.2) is 0 Å². The van der Waals surface area contributed by atoms with E-state index in [1.165, 1.54) is 0 Å². The number of amides is 1. The second kappa shape index (κ2) is 3.66. The quantitative estimate of drug-likeness (QED) is 0.639. The van der Waals surface area contributed by atoms with E-state index in [4.69, 9.17) is 0 Å². The topological polar surface area (TPSA) is 32.3 Å². The fourth-order valence-electron chi connectivity index (χ4n) is 2.42. The predicted molar refractivity (Wildman–Crippen MR) is 51.4 cm³/mol. The molecule has 1 amide bonds. The minimum atomic E-state index is 0.374. The average molecular weight is 182 g/mol. The van der Waals surface area contributed by atoms with Crippen molar-refractivity contribution >= 4 is 5.91 Å². The van der Waals surface area contributed by atoms with Gasteiger partial charge < -0.3 is 10.2 Å². The lowest BCUT2D eigenvalue weighted by Crippen LogP contribution is -2.59. The zero-order valence-corrected chi connectivity index (χ0v) is 8.25. The second-order valence-corrected chi connectivity index (χ2v) is 4.05. The number of nitrogens with zero attached hydrogens (tertiary/aromatic N) is 1. The summed E-state index contributed by atoms with van der Waals surface area (Å²) in [6, 6.07) is 1.09. The van der Waals surface area contributed by atoms with Gasteiger partial charge >= 0.3 is 0 Å². The number of carbonyl (C=O) groups is 1. The molecule has 0 saturated carbocycles. The van der Waals surface area contributed by atoms with Gasteiger partial charge in [0.25, 0.3) is 0 Å². The van der Waals surface area contributed by atoms with Crippen molar-refractivity contribution < 1.29 is 4.79 Å². The van der Waals surface area contributed by atoms with Gasteiger partial charge in [-0.3, -0.25) is 4.79 Å². The molecule has 0 aromatic carbocycles. The van der Waals surface area contributed by atoms with Crippen molar-refractivity contribution in [2.45, 2.75) is 44.7 Å². The molecule has 2 aliphatic heterocycles. The lowest BCUT2D eigenvalue weighted by atomic mass is 9.92. The molecule has 0 radical (unpaired) electrons. The van der Waals surface area contributed by atoms with Crippen LogP contribution in [-0.4, -0.2) is 36.0 Å². The summed E-state index contributed by atoms with van der Waals surface area (Å²) < 4.78 is 0. The number of likely N-dealkylation sites (tertiary alicyclic amines) is 1. The van der Waals surface area contributed by atoms with E-state index < -0.39 is 0 Å². The van der Waals surface area contributed by atoms with Gasteiger partial charge in [-0.05, 0) is 32.4 Å². The van der Waals surface area contributed by atoms with Gasteiger partial charge in [0.2, 0.25) is 5.91 Å². The molecule has 0 aliphatic carbocycles. The number of rotatable bonds is 2. The molecule has 3 heteroatoms. The first kappa shape index (κ1) is 9.00. The Kier molecular flexibility index (Phi) is 2.54. The van der Waals surface area contributed by atoms with Crippen molar-refractivity contribution in [1.29, 1.82) is 0 Å². The fourth-order valence-corrected chi connectivity index (χ4v) is 2.42. The number of β-lactam (4-membered cyclic amide) rings is 1. The fraction of sp³-hybridized carbons (Fsp3) is 0.900. The van der Waals surface area contributed by atoms with Gasteiger partial charge in [0.05, 0.1) is 0 Å². The Bertz CT molecular complexity index is 199. The second-order valence-electron chi connectivity index (χ2n) is 4.05. The lowest BCUT2D eigenvalue weighted by molar-refractivity contribution is -0.151. The van der Waals surface area contributed by atoms with Gasteiger partial charge in [-0.25, -0.2) is 0 Å². The first-order valence-electron chi connectivity index (χ1n) is 5.34. The predicted octanol–water partition coefficient (Wildman–Crippen LogP) is 0.749. The summed E-state index contributed by atoms with van der Waals surface area (Å²) in [4.78, 5) is 13.5. The van der Waals surface area contributed by atoms with Crippen LogP contribution >= 0.6 is 0 Å². The van der Waals surface area contributed by atoms with Gasteiger partial charge in [0.15, 0.2) is 0 Å². The van der Waals surface area contributed by atoms with E-state index in [1.54, 1.807) is 0 Å². The van der Waals surface area contributed by atoms with Crippen molar-refractivity contribution in [3.05, 3.63) is 0 Å². The Balaban J connectivity index is 1.93. The normalized spacial score (nSPS) is 30.4. The minimum Gasteiger partial charge on any atom is -0.336 e. The standard InChI is InChI=1S/C10H18N2O/c1-2-8-7-10(13)12(8)9-3-5-11-6-4-9/h8-9,11H,2-7H2,1H3/t8-/m1/s1. The zero-order chi connectivity index (χ0) is 9.26.